The molecular weight excluding hydrogens is 334 g/mol. The number of benzene rings is 1. The van der Waals surface area contributed by atoms with E-state index in [0.717, 1.165) is 11.0 Å². The molecule has 3 aromatic rings. The van der Waals surface area contributed by atoms with E-state index in [0.29, 0.717) is 11.5 Å². The Morgan fingerprint density at radius 3 is 2.58 bits per heavy atom. The van der Waals surface area contributed by atoms with Gasteiger partial charge in [0.1, 0.15) is 12.1 Å². The van der Waals surface area contributed by atoms with Gasteiger partial charge in [0.25, 0.3) is 0 Å². The van der Waals surface area contributed by atoms with Crippen molar-refractivity contribution in [1.29, 1.82) is 0 Å². The first-order valence-electron chi connectivity index (χ1n) is 8.12. The molecule has 1 aromatic carbocycles. The lowest BCUT2D eigenvalue weighted by Gasteiger charge is -2.20. The summed E-state index contributed by atoms with van der Waals surface area (Å²) in [5, 5.41) is 4.89. The Hall–Kier alpha value is -3.55. The molecule has 8 heteroatoms. The molecule has 0 saturated carbocycles. The number of pyridine rings is 1. The van der Waals surface area contributed by atoms with Crippen molar-refractivity contribution in [1.82, 2.24) is 19.9 Å². The fourth-order valence-corrected chi connectivity index (χ4v) is 2.95. The third-order valence-electron chi connectivity index (χ3n) is 4.23. The quantitative estimate of drug-likeness (QED) is 0.696. The standard InChI is InChI=1S/C18H15N5O3/c24-16-7-11(8-17(25)22-16)18(26)21-12-5-6-15(19-9-12)23-10-20-13-3-1-2-4-14(13)23/h1-6,9-11H,7-8H2,(H,21,26)(H,22,24,25). The second-order valence-corrected chi connectivity index (χ2v) is 6.07. The van der Waals surface area contributed by atoms with Gasteiger partial charge in [0.15, 0.2) is 0 Å². The van der Waals surface area contributed by atoms with Gasteiger partial charge in [-0.05, 0) is 24.3 Å². The third-order valence-corrected chi connectivity index (χ3v) is 4.23. The molecule has 0 radical (unpaired) electrons. The van der Waals surface area contributed by atoms with Crippen LogP contribution in [0.5, 0.6) is 0 Å². The van der Waals surface area contributed by atoms with Crippen molar-refractivity contribution in [3.8, 4) is 5.82 Å². The number of nitrogens with one attached hydrogen (secondary N) is 2. The van der Waals surface area contributed by atoms with Crippen LogP contribution in [0.4, 0.5) is 5.69 Å². The number of nitrogens with zero attached hydrogens (tertiary/aromatic N) is 3. The first-order chi connectivity index (χ1) is 12.6. The smallest absolute Gasteiger partial charge is 0.228 e. The third kappa shape index (κ3) is 3.04. The molecule has 0 aliphatic carbocycles. The van der Waals surface area contributed by atoms with E-state index in [1.165, 1.54) is 6.20 Å². The number of carbonyl (C=O) groups excluding carboxylic acids is 3. The molecule has 8 nitrogen and oxygen atoms in total. The van der Waals surface area contributed by atoms with Crippen LogP contribution in [0.3, 0.4) is 0 Å². The van der Waals surface area contributed by atoms with Crippen LogP contribution in [0.15, 0.2) is 48.9 Å². The SMILES string of the molecule is O=C1CC(C(=O)Nc2ccc(-n3cnc4ccccc43)nc2)CC(=O)N1. The monoisotopic (exact) mass is 349 g/mol. The zero-order valence-electron chi connectivity index (χ0n) is 13.7. The summed E-state index contributed by atoms with van der Waals surface area (Å²) < 4.78 is 1.85. The van der Waals surface area contributed by atoms with Crippen molar-refractivity contribution in [2.24, 2.45) is 5.92 Å². The maximum absolute atomic E-state index is 12.3. The lowest BCUT2D eigenvalue weighted by molar-refractivity contribution is -0.138. The number of imidazole rings is 1. The number of hydrogen-bond donors (Lipinski definition) is 2. The van der Waals surface area contributed by atoms with Gasteiger partial charge in [-0.1, -0.05) is 12.1 Å². The van der Waals surface area contributed by atoms with Crippen LogP contribution >= 0.6 is 0 Å². The maximum Gasteiger partial charge on any atom is 0.228 e. The highest BCUT2D eigenvalue weighted by atomic mass is 16.2. The molecular formula is C18H15N5O3. The van der Waals surface area contributed by atoms with Crippen LogP contribution in [0.1, 0.15) is 12.8 Å². The Bertz CT molecular complexity index is 993. The number of para-hydroxylation sites is 2. The van der Waals surface area contributed by atoms with Crippen molar-refractivity contribution in [3.05, 3.63) is 48.9 Å². The average Bonchev–Trinajstić information content (AvgIpc) is 3.06. The molecule has 1 aliphatic heterocycles. The van der Waals surface area contributed by atoms with Gasteiger partial charge in [0.2, 0.25) is 17.7 Å². The van der Waals surface area contributed by atoms with Crippen LogP contribution in [-0.2, 0) is 14.4 Å². The number of fused-ring (bicyclic) bond motifs is 1. The Kier molecular flexibility index (Phi) is 3.92. The van der Waals surface area contributed by atoms with Gasteiger partial charge in [0, 0.05) is 12.8 Å². The van der Waals surface area contributed by atoms with Crippen molar-refractivity contribution >= 4 is 34.4 Å². The normalized spacial score (nSPS) is 15.1. The number of piperidine rings is 1. The molecule has 2 aromatic heterocycles. The number of amides is 3. The fraction of sp³-hybridized carbons (Fsp3) is 0.167. The van der Waals surface area contributed by atoms with E-state index in [1.807, 2.05) is 28.8 Å². The van der Waals surface area contributed by atoms with Crippen LogP contribution in [-0.4, -0.2) is 32.3 Å². The summed E-state index contributed by atoms with van der Waals surface area (Å²) in [6.07, 6.45) is 3.23. The zero-order chi connectivity index (χ0) is 18.1. The molecule has 4 rings (SSSR count). The highest BCUT2D eigenvalue weighted by Gasteiger charge is 2.30. The van der Waals surface area contributed by atoms with Gasteiger partial charge in [-0.25, -0.2) is 9.97 Å². The van der Waals surface area contributed by atoms with E-state index in [-0.39, 0.29) is 18.7 Å². The molecule has 1 saturated heterocycles. The van der Waals surface area contributed by atoms with Gasteiger partial charge in [-0.15, -0.1) is 0 Å². The Balaban J connectivity index is 1.50. The highest BCUT2D eigenvalue weighted by Crippen LogP contribution is 2.19. The molecule has 0 unspecified atom stereocenters. The molecule has 3 heterocycles. The van der Waals surface area contributed by atoms with Gasteiger partial charge in [-0.2, -0.15) is 0 Å². The predicted octanol–water partition coefficient (Wildman–Crippen LogP) is 1.41. The summed E-state index contributed by atoms with van der Waals surface area (Å²) in [5.41, 5.74) is 2.30. The first kappa shape index (κ1) is 15.9. The molecule has 26 heavy (non-hydrogen) atoms. The lowest BCUT2D eigenvalue weighted by Crippen LogP contribution is -2.42. The average molecular weight is 349 g/mol. The predicted molar refractivity (Wildman–Crippen MR) is 93.4 cm³/mol. The minimum Gasteiger partial charge on any atom is -0.324 e. The van der Waals surface area contributed by atoms with Crippen molar-refractivity contribution in [2.45, 2.75) is 12.8 Å². The number of anilines is 1. The molecule has 0 spiro atoms. The number of hydrogen-bond acceptors (Lipinski definition) is 5. The van der Waals surface area contributed by atoms with E-state index in [1.54, 1.807) is 18.5 Å². The number of rotatable bonds is 3. The lowest BCUT2D eigenvalue weighted by atomic mass is 9.96. The summed E-state index contributed by atoms with van der Waals surface area (Å²) in [6.45, 7) is 0. The maximum atomic E-state index is 12.3. The summed E-state index contributed by atoms with van der Waals surface area (Å²) in [5.74, 6) is -1.21. The number of aromatic nitrogens is 3. The van der Waals surface area contributed by atoms with E-state index < -0.39 is 17.7 Å². The minimum absolute atomic E-state index is 0.00408. The summed E-state index contributed by atoms with van der Waals surface area (Å²) >= 11 is 0. The van der Waals surface area contributed by atoms with E-state index in [9.17, 15) is 14.4 Å². The number of imide groups is 1. The number of carbonyl (C=O) groups is 3. The van der Waals surface area contributed by atoms with E-state index >= 15 is 0 Å². The highest BCUT2D eigenvalue weighted by molar-refractivity contribution is 6.04. The molecule has 1 fully saturated rings. The van der Waals surface area contributed by atoms with Crippen LogP contribution < -0.4 is 10.6 Å². The molecule has 130 valence electrons. The summed E-state index contributed by atoms with van der Waals surface area (Å²) in [6, 6.07) is 11.2. The van der Waals surface area contributed by atoms with Crippen molar-refractivity contribution in [3.63, 3.8) is 0 Å². The van der Waals surface area contributed by atoms with Crippen LogP contribution in [0, 0.1) is 5.92 Å². The van der Waals surface area contributed by atoms with Gasteiger partial charge in [-0.3, -0.25) is 24.3 Å². The zero-order valence-corrected chi connectivity index (χ0v) is 13.7. The fourth-order valence-electron chi connectivity index (χ4n) is 2.95. The van der Waals surface area contributed by atoms with E-state index in [4.69, 9.17) is 0 Å². The topological polar surface area (TPSA) is 106 Å². The molecule has 0 atom stereocenters. The van der Waals surface area contributed by atoms with Crippen molar-refractivity contribution < 1.29 is 14.4 Å². The van der Waals surface area contributed by atoms with Gasteiger partial charge >= 0.3 is 0 Å². The Labute approximate surface area is 148 Å². The Morgan fingerprint density at radius 1 is 1.08 bits per heavy atom. The molecule has 2 N–H and O–H groups in total. The molecule has 1 aliphatic rings. The van der Waals surface area contributed by atoms with Crippen molar-refractivity contribution in [2.75, 3.05) is 5.32 Å². The molecule has 3 amide bonds. The van der Waals surface area contributed by atoms with Crippen LogP contribution in [0.25, 0.3) is 16.9 Å². The largest absolute Gasteiger partial charge is 0.324 e. The summed E-state index contributed by atoms with van der Waals surface area (Å²) in [4.78, 5) is 43.7. The first-order valence-corrected chi connectivity index (χ1v) is 8.12. The minimum atomic E-state index is -0.659. The van der Waals surface area contributed by atoms with E-state index in [2.05, 4.69) is 20.6 Å². The Morgan fingerprint density at radius 2 is 1.85 bits per heavy atom. The van der Waals surface area contributed by atoms with Gasteiger partial charge < -0.3 is 5.32 Å². The second-order valence-electron chi connectivity index (χ2n) is 6.07. The van der Waals surface area contributed by atoms with Crippen LogP contribution in [0.2, 0.25) is 0 Å². The second kappa shape index (κ2) is 6.40. The summed E-state index contributed by atoms with van der Waals surface area (Å²) in [7, 11) is 0. The molecule has 0 bridgehead atoms. The van der Waals surface area contributed by atoms with Gasteiger partial charge in [0.05, 0.1) is 28.8 Å².